The highest BCUT2D eigenvalue weighted by molar-refractivity contribution is 7.95. The van der Waals surface area contributed by atoms with Crippen molar-refractivity contribution in [3.05, 3.63) is 113 Å². The Labute approximate surface area is 179 Å². The van der Waals surface area contributed by atoms with Crippen LogP contribution in [0.15, 0.2) is 107 Å². The lowest BCUT2D eigenvalue weighted by Crippen LogP contribution is -2.31. The maximum absolute atomic E-state index is 12.7. The summed E-state index contributed by atoms with van der Waals surface area (Å²) in [6.45, 7) is 2.35. The predicted octanol–water partition coefficient (Wildman–Crippen LogP) is 4.35. The maximum atomic E-state index is 12.7. The van der Waals surface area contributed by atoms with Gasteiger partial charge >= 0.3 is 0 Å². The fraction of sp³-hybridized carbons (Fsp3) is 0.0400. The molecule has 0 spiro atoms. The molecule has 0 N–H and O–H groups in total. The van der Waals surface area contributed by atoms with Gasteiger partial charge in [-0.05, 0) is 36.4 Å². The Bertz CT molecular complexity index is 1340. The van der Waals surface area contributed by atoms with Crippen molar-refractivity contribution in [3.8, 4) is 11.3 Å². The van der Waals surface area contributed by atoms with E-state index in [0.29, 0.717) is 4.96 Å². The van der Waals surface area contributed by atoms with Crippen LogP contribution in [0, 0.1) is 0 Å². The number of fused-ring (bicyclic) bond motifs is 1. The second-order valence-electron chi connectivity index (χ2n) is 7.23. The van der Waals surface area contributed by atoms with E-state index in [9.17, 15) is 4.79 Å². The van der Waals surface area contributed by atoms with E-state index in [2.05, 4.69) is 85.5 Å². The van der Waals surface area contributed by atoms with E-state index in [4.69, 9.17) is 4.98 Å². The lowest BCUT2D eigenvalue weighted by molar-refractivity contribution is 1.08. The van der Waals surface area contributed by atoms with Crippen LogP contribution in [-0.4, -0.2) is 16.0 Å². The molecule has 0 bridgehead atoms. The van der Waals surface area contributed by atoms with Gasteiger partial charge in [0.1, 0.15) is 23.2 Å². The van der Waals surface area contributed by atoms with Gasteiger partial charge in [0.05, 0.1) is 12.4 Å². The number of benzene rings is 3. The minimum absolute atomic E-state index is 0.0505. The summed E-state index contributed by atoms with van der Waals surface area (Å²) in [6.07, 6.45) is 1.77. The minimum atomic E-state index is -1.94. The van der Waals surface area contributed by atoms with Crippen molar-refractivity contribution in [2.45, 2.75) is 0 Å². The van der Waals surface area contributed by atoms with E-state index in [1.54, 1.807) is 16.7 Å². The molecule has 0 radical (unpaired) electrons. The van der Waals surface area contributed by atoms with Crippen LogP contribution in [0.2, 0.25) is 0 Å². The zero-order chi connectivity index (χ0) is 20.6. The van der Waals surface area contributed by atoms with E-state index >= 15 is 0 Å². The molecule has 5 aromatic rings. The lowest BCUT2D eigenvalue weighted by Gasteiger charge is -2.25. The summed E-state index contributed by atoms with van der Waals surface area (Å²) < 4.78 is 1.60. The molecular weight excluding hydrogens is 407 g/mol. The summed E-state index contributed by atoms with van der Waals surface area (Å²) in [5.41, 5.74) is 1.70. The van der Waals surface area contributed by atoms with E-state index < -0.39 is 7.26 Å². The van der Waals surface area contributed by atoms with E-state index in [1.165, 1.54) is 27.3 Å². The zero-order valence-electron chi connectivity index (χ0n) is 16.5. The molecule has 2 aromatic heterocycles. The van der Waals surface area contributed by atoms with Crippen molar-refractivity contribution >= 4 is 39.5 Å². The van der Waals surface area contributed by atoms with Gasteiger partial charge in [0.15, 0.2) is 4.96 Å². The Hall–Kier alpha value is -3.07. The number of hydrogen-bond donors (Lipinski definition) is 0. The van der Waals surface area contributed by atoms with Crippen LogP contribution >= 0.6 is 18.6 Å². The highest BCUT2D eigenvalue weighted by Crippen LogP contribution is 2.53. The van der Waals surface area contributed by atoms with Gasteiger partial charge in [-0.15, -0.1) is 11.3 Å². The normalized spacial score (nSPS) is 11.6. The molecule has 0 amide bonds. The fourth-order valence-electron chi connectivity index (χ4n) is 3.94. The van der Waals surface area contributed by atoms with Crippen molar-refractivity contribution in [2.24, 2.45) is 0 Å². The fourth-order valence-corrected chi connectivity index (χ4v) is 8.11. The van der Waals surface area contributed by atoms with Crippen LogP contribution in [0.4, 0.5) is 0 Å². The summed E-state index contributed by atoms with van der Waals surface area (Å²) >= 11 is 1.48. The number of aromatic nitrogens is 2. The van der Waals surface area contributed by atoms with Crippen molar-refractivity contribution in [3.63, 3.8) is 0 Å². The largest absolute Gasteiger partial charge is 0.269 e. The molecule has 0 saturated carbocycles. The van der Waals surface area contributed by atoms with Crippen molar-refractivity contribution < 1.29 is 0 Å². The van der Waals surface area contributed by atoms with Crippen molar-refractivity contribution in [2.75, 3.05) is 6.66 Å². The Morgan fingerprint density at radius 1 is 0.833 bits per heavy atom. The highest BCUT2D eigenvalue weighted by Gasteiger charge is 2.42. The van der Waals surface area contributed by atoms with Gasteiger partial charge in [0.25, 0.3) is 5.56 Å². The third-order valence-corrected chi connectivity index (χ3v) is 10.3. The van der Waals surface area contributed by atoms with Crippen molar-refractivity contribution in [1.29, 1.82) is 0 Å². The third-order valence-electron chi connectivity index (χ3n) is 5.51. The van der Waals surface area contributed by atoms with Crippen LogP contribution in [0.3, 0.4) is 0 Å². The quantitative estimate of drug-likeness (QED) is 0.400. The summed E-state index contributed by atoms with van der Waals surface area (Å²) in [5, 5.41) is 5.73. The second-order valence-corrected chi connectivity index (χ2v) is 11.6. The summed E-state index contributed by atoms with van der Waals surface area (Å²) in [5.74, 6) is 0. The highest BCUT2D eigenvalue weighted by atomic mass is 32.1. The van der Waals surface area contributed by atoms with Crippen LogP contribution < -0.4 is 21.5 Å². The number of hydrogen-bond acceptors (Lipinski definition) is 3. The zero-order valence-corrected chi connectivity index (χ0v) is 18.2. The first kappa shape index (κ1) is 18.9. The molecule has 0 atom stereocenters. The summed E-state index contributed by atoms with van der Waals surface area (Å²) in [7, 11) is -1.94. The average Bonchev–Trinajstić information content (AvgIpc) is 3.29. The molecule has 3 nitrogen and oxygen atoms in total. The molecule has 30 heavy (non-hydrogen) atoms. The van der Waals surface area contributed by atoms with Crippen LogP contribution in [0.1, 0.15) is 0 Å². The first-order chi connectivity index (χ1) is 14.7. The molecule has 0 aliphatic carbocycles. The van der Waals surface area contributed by atoms with Gasteiger partial charge < -0.3 is 0 Å². The summed E-state index contributed by atoms with van der Waals surface area (Å²) in [4.78, 5) is 18.2. The topological polar surface area (TPSA) is 34.4 Å². The average molecular weight is 427 g/mol. The SMILES string of the molecule is C[P+](c1ccccc1)(c1ccccc1)c1ccccc1-c1cc(=O)n2ccsc2n1. The molecular formula is C25H20N2OPS+. The van der Waals surface area contributed by atoms with Gasteiger partial charge in [-0.3, -0.25) is 9.20 Å². The minimum Gasteiger partial charge on any atom is -0.269 e. The Balaban J connectivity index is 1.81. The van der Waals surface area contributed by atoms with Gasteiger partial charge in [-0.25, -0.2) is 4.98 Å². The molecule has 146 valence electrons. The molecule has 0 aliphatic rings. The van der Waals surface area contributed by atoms with Gasteiger partial charge in [-0.2, -0.15) is 0 Å². The molecule has 0 aliphatic heterocycles. The Morgan fingerprint density at radius 3 is 2.10 bits per heavy atom. The molecule has 5 heteroatoms. The number of thiazole rings is 1. The predicted molar refractivity (Wildman–Crippen MR) is 129 cm³/mol. The van der Waals surface area contributed by atoms with Crippen molar-refractivity contribution in [1.82, 2.24) is 9.38 Å². The Kier molecular flexibility index (Phi) is 4.82. The molecule has 2 heterocycles. The van der Waals surface area contributed by atoms with Crippen LogP contribution in [-0.2, 0) is 0 Å². The molecule has 0 unspecified atom stereocenters. The molecule has 5 rings (SSSR count). The van der Waals surface area contributed by atoms with Gasteiger partial charge in [0.2, 0.25) is 0 Å². The number of rotatable bonds is 4. The van der Waals surface area contributed by atoms with Crippen LogP contribution in [0.5, 0.6) is 0 Å². The monoisotopic (exact) mass is 427 g/mol. The first-order valence-corrected chi connectivity index (χ1v) is 12.8. The lowest BCUT2D eigenvalue weighted by atomic mass is 10.1. The Morgan fingerprint density at radius 2 is 1.43 bits per heavy atom. The molecule has 0 fully saturated rings. The smallest absolute Gasteiger partial charge is 0.259 e. The van der Waals surface area contributed by atoms with Gasteiger partial charge in [0, 0.05) is 23.2 Å². The van der Waals surface area contributed by atoms with E-state index in [-0.39, 0.29) is 5.56 Å². The third kappa shape index (κ3) is 3.09. The standard InChI is InChI=1S/C25H20N2OPS/c1-29(19-10-4-2-5-11-19,20-12-6-3-7-13-20)23-15-9-8-14-21(23)22-18-24(28)27-16-17-30-25(27)26-22/h2-18H,1H3/q+1. The van der Waals surface area contributed by atoms with Gasteiger partial charge in [-0.1, -0.05) is 48.5 Å². The second kappa shape index (κ2) is 7.64. The van der Waals surface area contributed by atoms with E-state index in [1.807, 2.05) is 11.4 Å². The molecule has 3 aromatic carbocycles. The van der Waals surface area contributed by atoms with E-state index in [0.717, 1.165) is 11.3 Å². The van der Waals surface area contributed by atoms with Crippen LogP contribution in [0.25, 0.3) is 16.2 Å². The number of nitrogens with zero attached hydrogens (tertiary/aromatic N) is 2. The summed E-state index contributed by atoms with van der Waals surface area (Å²) in [6, 6.07) is 31.4. The first-order valence-electron chi connectivity index (χ1n) is 9.72. The maximum Gasteiger partial charge on any atom is 0.259 e. The molecule has 0 saturated heterocycles.